The fourth-order valence-corrected chi connectivity index (χ4v) is 2.44. The van der Waals surface area contributed by atoms with Crippen molar-refractivity contribution < 1.29 is 4.74 Å². The maximum atomic E-state index is 5.38. The minimum atomic E-state index is 0.107. The van der Waals surface area contributed by atoms with Crippen molar-refractivity contribution in [3.05, 3.63) is 22.4 Å². The fraction of sp³-hybridized carbons (Fsp3) is 0.600. The Kier molecular flexibility index (Phi) is 2.41. The van der Waals surface area contributed by atoms with E-state index in [9.17, 15) is 0 Å². The van der Waals surface area contributed by atoms with Crippen molar-refractivity contribution in [3.8, 4) is 0 Å². The normalized spacial score (nSPS) is 21.4. The molecular weight excluding hydrogens is 182 g/mol. The molecule has 0 aromatic carbocycles. The number of methoxy groups -OCH3 is 1. The van der Waals surface area contributed by atoms with Crippen LogP contribution in [-0.2, 0) is 11.3 Å². The van der Waals surface area contributed by atoms with E-state index in [0.717, 1.165) is 19.6 Å². The molecule has 0 N–H and O–H groups in total. The number of ether oxygens (including phenoxy) is 1. The summed E-state index contributed by atoms with van der Waals surface area (Å²) >= 11 is 1.76. The summed E-state index contributed by atoms with van der Waals surface area (Å²) in [6.45, 7) is 5.35. The molecule has 0 atom stereocenters. The van der Waals surface area contributed by atoms with Crippen molar-refractivity contribution in [1.82, 2.24) is 4.90 Å². The molecule has 0 amide bonds. The van der Waals surface area contributed by atoms with Crippen LogP contribution >= 0.6 is 11.3 Å². The summed E-state index contributed by atoms with van der Waals surface area (Å²) in [6.07, 6.45) is 0. The molecule has 1 fully saturated rings. The molecule has 0 spiro atoms. The van der Waals surface area contributed by atoms with Crippen LogP contribution in [0.3, 0.4) is 0 Å². The van der Waals surface area contributed by atoms with Crippen molar-refractivity contribution in [1.29, 1.82) is 0 Å². The van der Waals surface area contributed by atoms with Crippen molar-refractivity contribution in [3.63, 3.8) is 0 Å². The van der Waals surface area contributed by atoms with Gasteiger partial charge in [-0.05, 0) is 29.3 Å². The molecule has 0 bridgehead atoms. The Balaban J connectivity index is 1.82. The summed E-state index contributed by atoms with van der Waals surface area (Å²) in [5.74, 6) is 0. The van der Waals surface area contributed by atoms with E-state index >= 15 is 0 Å². The van der Waals surface area contributed by atoms with E-state index in [-0.39, 0.29) is 5.60 Å². The van der Waals surface area contributed by atoms with E-state index in [1.807, 2.05) is 0 Å². The van der Waals surface area contributed by atoms with Gasteiger partial charge < -0.3 is 4.74 Å². The van der Waals surface area contributed by atoms with Gasteiger partial charge in [0.05, 0.1) is 5.60 Å². The highest BCUT2D eigenvalue weighted by Crippen LogP contribution is 2.25. The van der Waals surface area contributed by atoms with Crippen LogP contribution in [0.15, 0.2) is 16.8 Å². The second-order valence-electron chi connectivity index (χ2n) is 3.93. The molecule has 2 heterocycles. The van der Waals surface area contributed by atoms with Crippen LogP contribution in [0.1, 0.15) is 12.5 Å². The van der Waals surface area contributed by atoms with Gasteiger partial charge in [-0.15, -0.1) is 0 Å². The number of rotatable bonds is 3. The first kappa shape index (κ1) is 9.19. The Labute approximate surface area is 83.1 Å². The smallest absolute Gasteiger partial charge is 0.0903 e. The first-order chi connectivity index (χ1) is 6.22. The standard InChI is InChI=1S/C10H15NOS/c1-10(12-2)7-11(8-10)5-9-3-4-13-6-9/h3-4,6H,5,7-8H2,1-2H3. The zero-order valence-electron chi connectivity index (χ0n) is 8.12. The maximum Gasteiger partial charge on any atom is 0.0903 e. The Morgan fingerprint density at radius 3 is 2.92 bits per heavy atom. The number of likely N-dealkylation sites (tertiary alicyclic amines) is 1. The third kappa shape index (κ3) is 1.93. The van der Waals surface area contributed by atoms with Gasteiger partial charge in [0.15, 0.2) is 0 Å². The Morgan fingerprint density at radius 1 is 1.62 bits per heavy atom. The predicted molar refractivity (Wildman–Crippen MR) is 55.0 cm³/mol. The van der Waals surface area contributed by atoms with Gasteiger partial charge in [-0.2, -0.15) is 11.3 Å². The fourth-order valence-electron chi connectivity index (χ4n) is 1.78. The molecule has 0 saturated carbocycles. The number of thiophene rings is 1. The van der Waals surface area contributed by atoms with E-state index in [1.165, 1.54) is 5.56 Å². The summed E-state index contributed by atoms with van der Waals surface area (Å²) < 4.78 is 5.38. The van der Waals surface area contributed by atoms with Gasteiger partial charge in [-0.25, -0.2) is 0 Å². The maximum absolute atomic E-state index is 5.38. The lowest BCUT2D eigenvalue weighted by Crippen LogP contribution is -2.60. The lowest BCUT2D eigenvalue weighted by molar-refractivity contribution is -0.114. The average Bonchev–Trinajstić information content (AvgIpc) is 2.54. The van der Waals surface area contributed by atoms with E-state index in [4.69, 9.17) is 4.74 Å². The van der Waals surface area contributed by atoms with Crippen molar-refractivity contribution in [2.24, 2.45) is 0 Å². The van der Waals surface area contributed by atoms with Gasteiger partial charge in [0.25, 0.3) is 0 Å². The number of nitrogens with zero attached hydrogens (tertiary/aromatic N) is 1. The third-order valence-corrected chi connectivity index (χ3v) is 3.33. The second kappa shape index (κ2) is 3.40. The number of hydrogen-bond donors (Lipinski definition) is 0. The largest absolute Gasteiger partial charge is 0.376 e. The Hall–Kier alpha value is -0.380. The SMILES string of the molecule is COC1(C)CN(Cc2ccsc2)C1. The molecule has 0 radical (unpaired) electrons. The topological polar surface area (TPSA) is 12.5 Å². The highest BCUT2D eigenvalue weighted by atomic mass is 32.1. The molecule has 2 rings (SSSR count). The van der Waals surface area contributed by atoms with E-state index in [2.05, 4.69) is 28.7 Å². The molecule has 1 aliphatic heterocycles. The summed E-state index contributed by atoms with van der Waals surface area (Å²) in [6, 6.07) is 2.19. The average molecular weight is 197 g/mol. The highest BCUT2D eigenvalue weighted by molar-refractivity contribution is 7.07. The third-order valence-electron chi connectivity index (χ3n) is 2.60. The van der Waals surface area contributed by atoms with Crippen LogP contribution in [0.2, 0.25) is 0 Å². The van der Waals surface area contributed by atoms with Crippen LogP contribution in [0.4, 0.5) is 0 Å². The lowest BCUT2D eigenvalue weighted by atomic mass is 9.96. The molecule has 1 saturated heterocycles. The number of hydrogen-bond acceptors (Lipinski definition) is 3. The minimum Gasteiger partial charge on any atom is -0.376 e. The van der Waals surface area contributed by atoms with Crippen LogP contribution in [-0.4, -0.2) is 30.7 Å². The molecule has 1 aliphatic rings. The van der Waals surface area contributed by atoms with Gasteiger partial charge in [0, 0.05) is 26.7 Å². The highest BCUT2D eigenvalue weighted by Gasteiger charge is 2.38. The summed E-state index contributed by atoms with van der Waals surface area (Å²) in [4.78, 5) is 2.41. The van der Waals surface area contributed by atoms with Crippen LogP contribution in [0, 0.1) is 0 Å². The molecule has 3 heteroatoms. The predicted octanol–water partition coefficient (Wildman–Crippen LogP) is 1.97. The molecule has 2 nitrogen and oxygen atoms in total. The van der Waals surface area contributed by atoms with Crippen molar-refractivity contribution >= 4 is 11.3 Å². The molecule has 72 valence electrons. The Morgan fingerprint density at radius 2 is 2.38 bits per heavy atom. The minimum absolute atomic E-state index is 0.107. The van der Waals surface area contributed by atoms with Crippen LogP contribution < -0.4 is 0 Å². The summed E-state index contributed by atoms with van der Waals surface area (Å²) in [5, 5.41) is 4.34. The Bertz CT molecular complexity index is 264. The van der Waals surface area contributed by atoms with Crippen molar-refractivity contribution in [2.45, 2.75) is 19.1 Å². The van der Waals surface area contributed by atoms with Gasteiger partial charge in [-0.1, -0.05) is 0 Å². The lowest BCUT2D eigenvalue weighted by Gasteiger charge is -2.46. The molecule has 0 aliphatic carbocycles. The van der Waals surface area contributed by atoms with Gasteiger partial charge in [0.2, 0.25) is 0 Å². The van der Waals surface area contributed by atoms with Crippen LogP contribution in [0.5, 0.6) is 0 Å². The molecular formula is C10H15NOS. The molecule has 1 aromatic heterocycles. The zero-order chi connectivity index (χ0) is 9.31. The molecule has 1 aromatic rings. The van der Waals surface area contributed by atoms with E-state index in [0.29, 0.717) is 0 Å². The van der Waals surface area contributed by atoms with Crippen molar-refractivity contribution in [2.75, 3.05) is 20.2 Å². The van der Waals surface area contributed by atoms with Gasteiger partial charge in [-0.3, -0.25) is 4.90 Å². The quantitative estimate of drug-likeness (QED) is 0.734. The first-order valence-electron chi connectivity index (χ1n) is 4.50. The first-order valence-corrected chi connectivity index (χ1v) is 5.45. The van der Waals surface area contributed by atoms with Crippen LogP contribution in [0.25, 0.3) is 0 Å². The van der Waals surface area contributed by atoms with Gasteiger partial charge in [0.1, 0.15) is 0 Å². The summed E-state index contributed by atoms with van der Waals surface area (Å²) in [7, 11) is 1.79. The molecule has 0 unspecified atom stereocenters. The monoisotopic (exact) mass is 197 g/mol. The van der Waals surface area contributed by atoms with Gasteiger partial charge >= 0.3 is 0 Å². The zero-order valence-corrected chi connectivity index (χ0v) is 8.93. The molecule has 13 heavy (non-hydrogen) atoms. The van der Waals surface area contributed by atoms with E-state index < -0.39 is 0 Å². The second-order valence-corrected chi connectivity index (χ2v) is 4.71. The van der Waals surface area contributed by atoms with E-state index in [1.54, 1.807) is 18.4 Å². The summed E-state index contributed by atoms with van der Waals surface area (Å²) in [5.41, 5.74) is 1.53.